The van der Waals surface area contributed by atoms with E-state index in [1.165, 1.54) is 11.6 Å². The lowest BCUT2D eigenvalue weighted by atomic mass is 10.1. The Labute approximate surface area is 128 Å². The molecule has 0 aliphatic rings. The van der Waals surface area contributed by atoms with E-state index in [-0.39, 0.29) is 5.91 Å². The molecule has 0 saturated carbocycles. The van der Waals surface area contributed by atoms with Crippen LogP contribution in [0.1, 0.15) is 11.1 Å². The van der Waals surface area contributed by atoms with Crippen molar-refractivity contribution in [2.45, 2.75) is 6.92 Å². The van der Waals surface area contributed by atoms with Gasteiger partial charge in [-0.3, -0.25) is 4.79 Å². The standard InChI is InChI=1S/C16H13Cl2NO/c1-11-5-7-12(8-6-11)9-10-15(20)19-14-4-2-3-13(17)16(14)18/h2-10H,1H3,(H,19,20)/b10-9-. The van der Waals surface area contributed by atoms with Crippen LogP contribution in [0.2, 0.25) is 10.0 Å². The van der Waals surface area contributed by atoms with Crippen LogP contribution >= 0.6 is 23.2 Å². The zero-order chi connectivity index (χ0) is 14.5. The molecule has 0 fully saturated rings. The van der Waals surface area contributed by atoms with Crippen LogP contribution in [0.4, 0.5) is 5.69 Å². The summed E-state index contributed by atoms with van der Waals surface area (Å²) in [7, 11) is 0. The monoisotopic (exact) mass is 305 g/mol. The van der Waals surface area contributed by atoms with Crippen LogP contribution in [0, 0.1) is 6.92 Å². The van der Waals surface area contributed by atoms with Gasteiger partial charge in [-0.15, -0.1) is 0 Å². The van der Waals surface area contributed by atoms with Crippen molar-refractivity contribution in [3.8, 4) is 0 Å². The molecule has 20 heavy (non-hydrogen) atoms. The number of hydrogen-bond acceptors (Lipinski definition) is 1. The van der Waals surface area contributed by atoms with Crippen LogP contribution in [-0.2, 0) is 4.79 Å². The number of aryl methyl sites for hydroxylation is 1. The molecule has 0 bridgehead atoms. The smallest absolute Gasteiger partial charge is 0.248 e. The maximum Gasteiger partial charge on any atom is 0.248 e. The predicted molar refractivity (Wildman–Crippen MR) is 85.3 cm³/mol. The lowest BCUT2D eigenvalue weighted by molar-refractivity contribution is -0.111. The summed E-state index contributed by atoms with van der Waals surface area (Å²) in [5.41, 5.74) is 2.64. The second-order valence-electron chi connectivity index (χ2n) is 4.33. The number of amides is 1. The van der Waals surface area contributed by atoms with Crippen molar-refractivity contribution in [3.63, 3.8) is 0 Å². The topological polar surface area (TPSA) is 29.1 Å². The summed E-state index contributed by atoms with van der Waals surface area (Å²) >= 11 is 11.9. The van der Waals surface area contributed by atoms with Gasteiger partial charge in [-0.25, -0.2) is 0 Å². The Balaban J connectivity index is 2.05. The van der Waals surface area contributed by atoms with E-state index in [4.69, 9.17) is 23.2 Å². The molecule has 0 radical (unpaired) electrons. The molecule has 2 rings (SSSR count). The van der Waals surface area contributed by atoms with Crippen molar-refractivity contribution in [2.75, 3.05) is 5.32 Å². The second-order valence-corrected chi connectivity index (χ2v) is 5.12. The highest BCUT2D eigenvalue weighted by molar-refractivity contribution is 6.44. The van der Waals surface area contributed by atoms with Gasteiger partial charge in [-0.1, -0.05) is 59.1 Å². The van der Waals surface area contributed by atoms with Crippen molar-refractivity contribution in [2.24, 2.45) is 0 Å². The van der Waals surface area contributed by atoms with Gasteiger partial charge in [0.1, 0.15) is 0 Å². The molecule has 1 N–H and O–H groups in total. The van der Waals surface area contributed by atoms with E-state index in [2.05, 4.69) is 5.32 Å². The Morgan fingerprint density at radius 2 is 1.80 bits per heavy atom. The summed E-state index contributed by atoms with van der Waals surface area (Å²) in [5, 5.41) is 3.44. The van der Waals surface area contributed by atoms with Crippen molar-refractivity contribution in [3.05, 3.63) is 69.7 Å². The van der Waals surface area contributed by atoms with Gasteiger partial charge in [-0.2, -0.15) is 0 Å². The summed E-state index contributed by atoms with van der Waals surface area (Å²) in [6.07, 6.45) is 3.20. The number of nitrogens with one attached hydrogen (secondary N) is 1. The Kier molecular flexibility index (Phi) is 4.83. The first-order valence-corrected chi connectivity index (χ1v) is 6.81. The molecular formula is C16H13Cl2NO. The molecule has 0 unspecified atom stereocenters. The van der Waals surface area contributed by atoms with Crippen LogP contribution in [0.25, 0.3) is 6.08 Å². The number of halogens is 2. The van der Waals surface area contributed by atoms with Crippen molar-refractivity contribution in [1.82, 2.24) is 0 Å². The van der Waals surface area contributed by atoms with Crippen LogP contribution < -0.4 is 5.32 Å². The minimum absolute atomic E-state index is 0.255. The van der Waals surface area contributed by atoms with Gasteiger partial charge < -0.3 is 5.32 Å². The van der Waals surface area contributed by atoms with E-state index in [0.29, 0.717) is 15.7 Å². The third-order valence-electron chi connectivity index (χ3n) is 2.71. The minimum Gasteiger partial charge on any atom is -0.321 e. The fourth-order valence-electron chi connectivity index (χ4n) is 1.62. The molecule has 2 aromatic carbocycles. The van der Waals surface area contributed by atoms with Gasteiger partial charge in [0, 0.05) is 6.08 Å². The fourth-order valence-corrected chi connectivity index (χ4v) is 1.97. The van der Waals surface area contributed by atoms with E-state index < -0.39 is 0 Å². The van der Waals surface area contributed by atoms with Gasteiger partial charge >= 0.3 is 0 Å². The highest BCUT2D eigenvalue weighted by Gasteiger charge is 2.05. The number of carbonyl (C=O) groups excluding carboxylic acids is 1. The summed E-state index contributed by atoms with van der Waals surface area (Å²) in [4.78, 5) is 11.8. The van der Waals surface area contributed by atoms with Crippen LogP contribution in [0.3, 0.4) is 0 Å². The average Bonchev–Trinajstić information content (AvgIpc) is 2.43. The molecule has 0 heterocycles. The molecule has 0 saturated heterocycles. The summed E-state index contributed by atoms with van der Waals surface area (Å²) in [6.45, 7) is 2.02. The molecule has 1 amide bonds. The molecule has 0 atom stereocenters. The number of carbonyl (C=O) groups is 1. The van der Waals surface area contributed by atoms with Gasteiger partial charge in [-0.05, 0) is 30.7 Å². The molecular weight excluding hydrogens is 293 g/mol. The molecule has 4 heteroatoms. The van der Waals surface area contributed by atoms with Crippen LogP contribution in [-0.4, -0.2) is 5.91 Å². The maximum absolute atomic E-state index is 11.8. The lowest BCUT2D eigenvalue weighted by Gasteiger charge is -2.05. The van der Waals surface area contributed by atoms with Gasteiger partial charge in [0.15, 0.2) is 0 Å². The Morgan fingerprint density at radius 3 is 2.50 bits per heavy atom. The van der Waals surface area contributed by atoms with E-state index in [1.54, 1.807) is 24.3 Å². The molecule has 0 aromatic heterocycles. The SMILES string of the molecule is Cc1ccc(/C=C\C(=O)Nc2cccc(Cl)c2Cl)cc1. The first-order chi connectivity index (χ1) is 9.56. The Hall–Kier alpha value is -1.77. The molecule has 0 aliphatic carbocycles. The number of rotatable bonds is 3. The highest BCUT2D eigenvalue weighted by Crippen LogP contribution is 2.29. The largest absolute Gasteiger partial charge is 0.321 e. The summed E-state index contributed by atoms with van der Waals surface area (Å²) in [5.74, 6) is -0.255. The average molecular weight is 306 g/mol. The van der Waals surface area contributed by atoms with Crippen LogP contribution in [0.15, 0.2) is 48.5 Å². The Bertz CT molecular complexity index is 648. The van der Waals surface area contributed by atoms with Crippen LogP contribution in [0.5, 0.6) is 0 Å². The normalized spacial score (nSPS) is 10.8. The fraction of sp³-hybridized carbons (Fsp3) is 0.0625. The number of benzene rings is 2. The summed E-state index contributed by atoms with van der Waals surface area (Å²) in [6, 6.07) is 13.0. The van der Waals surface area contributed by atoms with Gasteiger partial charge in [0.05, 0.1) is 15.7 Å². The first-order valence-electron chi connectivity index (χ1n) is 6.06. The van der Waals surface area contributed by atoms with Gasteiger partial charge in [0.2, 0.25) is 5.91 Å². The zero-order valence-electron chi connectivity index (χ0n) is 10.9. The minimum atomic E-state index is -0.255. The number of hydrogen-bond donors (Lipinski definition) is 1. The molecule has 0 aliphatic heterocycles. The highest BCUT2D eigenvalue weighted by atomic mass is 35.5. The molecule has 2 nitrogen and oxygen atoms in total. The third kappa shape index (κ3) is 3.86. The lowest BCUT2D eigenvalue weighted by Crippen LogP contribution is -2.08. The van der Waals surface area contributed by atoms with Crippen molar-refractivity contribution >= 4 is 40.9 Å². The van der Waals surface area contributed by atoms with E-state index in [1.807, 2.05) is 31.2 Å². The van der Waals surface area contributed by atoms with Crippen molar-refractivity contribution in [1.29, 1.82) is 0 Å². The third-order valence-corrected chi connectivity index (χ3v) is 3.53. The summed E-state index contributed by atoms with van der Waals surface area (Å²) < 4.78 is 0. The molecule has 2 aromatic rings. The first kappa shape index (κ1) is 14.6. The van der Waals surface area contributed by atoms with E-state index in [0.717, 1.165) is 5.56 Å². The van der Waals surface area contributed by atoms with Gasteiger partial charge in [0.25, 0.3) is 0 Å². The number of anilines is 1. The molecule has 102 valence electrons. The van der Waals surface area contributed by atoms with Crippen molar-refractivity contribution < 1.29 is 4.79 Å². The molecule has 0 spiro atoms. The second kappa shape index (κ2) is 6.60. The Morgan fingerprint density at radius 1 is 1.10 bits per heavy atom. The maximum atomic E-state index is 11.8. The quantitative estimate of drug-likeness (QED) is 0.798. The predicted octanol–water partition coefficient (Wildman–Crippen LogP) is 4.95. The van der Waals surface area contributed by atoms with E-state index >= 15 is 0 Å². The zero-order valence-corrected chi connectivity index (χ0v) is 12.4. The van der Waals surface area contributed by atoms with E-state index in [9.17, 15) is 4.79 Å².